The summed E-state index contributed by atoms with van der Waals surface area (Å²) in [5, 5.41) is 16.6. The molecule has 2 N–H and O–H groups in total. The van der Waals surface area contributed by atoms with Crippen molar-refractivity contribution in [1.82, 2.24) is 5.32 Å². The molecule has 0 aliphatic carbocycles. The van der Waals surface area contributed by atoms with Crippen LogP contribution in [0.4, 0.5) is 0 Å². The lowest BCUT2D eigenvalue weighted by Gasteiger charge is -2.35. The molecule has 0 aromatic heterocycles. The molecule has 12 heteroatoms. The highest BCUT2D eigenvalue weighted by Crippen LogP contribution is 2.39. The summed E-state index contributed by atoms with van der Waals surface area (Å²) in [7, 11) is 0. The number of aliphatic hydroxyl groups is 1. The number of rotatable bonds is 33. The lowest BCUT2D eigenvalue weighted by Crippen LogP contribution is -2.46. The molecule has 0 bridgehead atoms. The van der Waals surface area contributed by atoms with Gasteiger partial charge in [0.25, 0.3) is 0 Å². The largest absolute Gasteiger partial charge is 0.489 e. The minimum absolute atomic E-state index is 0.223. The summed E-state index contributed by atoms with van der Waals surface area (Å²) in [5.74, 6) is 6.47. The Labute approximate surface area is 579 Å². The van der Waals surface area contributed by atoms with Gasteiger partial charge in [-0.25, -0.2) is 0 Å². The van der Waals surface area contributed by atoms with Crippen LogP contribution in [0, 0.1) is 0 Å². The smallest absolute Gasteiger partial charge is 0.130 e. The molecular formula is C87H79NO11. The third kappa shape index (κ3) is 19.2. The fourth-order valence-electron chi connectivity index (χ4n) is 11.9. The number of hydrogen-bond acceptors (Lipinski definition) is 12. The molecule has 1 atom stereocenters. The second-order valence-corrected chi connectivity index (χ2v) is 24.5. The SMILES string of the molecule is OC(c1ccc(OCc2cc(OCc3ccccc3)cc(OCc3cc(OCc4ccccc4)cc(OCc4ccccc4)c3)c2)cc1)(c1ccc(OCc2cc(OCc3ccccc3)cc(OCc3cc(OCc4ccccc4)cc(OCc4ccccc4)c3)c2)cc1)[C@@H]1CCCN1. The van der Waals surface area contributed by atoms with Crippen molar-refractivity contribution in [2.45, 2.75) is 90.6 Å². The number of ether oxygens (including phenoxy) is 10. The molecule has 12 nitrogen and oxygen atoms in total. The van der Waals surface area contributed by atoms with Gasteiger partial charge in [0.15, 0.2) is 0 Å². The van der Waals surface area contributed by atoms with E-state index in [1.807, 2.05) is 303 Å². The molecule has 0 unspecified atom stereocenters. The number of hydrogen-bond donors (Lipinski definition) is 2. The molecule has 0 saturated carbocycles. The van der Waals surface area contributed by atoms with Crippen LogP contribution in [-0.2, 0) is 71.7 Å². The molecule has 12 aromatic carbocycles. The van der Waals surface area contributed by atoms with Gasteiger partial charge in [-0.05, 0) is 159 Å². The number of nitrogens with one attached hydrogen (secondary N) is 1. The lowest BCUT2D eigenvalue weighted by molar-refractivity contribution is 0.0441. The highest BCUT2D eigenvalue weighted by Gasteiger charge is 2.41. The van der Waals surface area contributed by atoms with Gasteiger partial charge < -0.3 is 57.8 Å². The van der Waals surface area contributed by atoms with E-state index >= 15 is 0 Å². The van der Waals surface area contributed by atoms with E-state index in [0.29, 0.717) is 97.1 Å². The molecule has 1 saturated heterocycles. The maximum Gasteiger partial charge on any atom is 0.130 e. The summed E-state index contributed by atoms with van der Waals surface area (Å²) in [6, 6.07) is 99.2. The van der Waals surface area contributed by atoms with Gasteiger partial charge in [-0.3, -0.25) is 0 Å². The molecule has 99 heavy (non-hydrogen) atoms. The van der Waals surface area contributed by atoms with E-state index in [9.17, 15) is 5.11 Å². The zero-order valence-electron chi connectivity index (χ0n) is 55.2. The third-order valence-electron chi connectivity index (χ3n) is 17.0. The van der Waals surface area contributed by atoms with Gasteiger partial charge in [-0.15, -0.1) is 0 Å². The first kappa shape index (κ1) is 66.2. The average molecular weight is 1310 g/mol. The Bertz CT molecular complexity index is 4050. The summed E-state index contributed by atoms with van der Waals surface area (Å²) in [6.45, 7) is 4.10. The molecule has 1 heterocycles. The molecule has 0 amide bonds. The molecule has 498 valence electrons. The van der Waals surface area contributed by atoms with Gasteiger partial charge in [0.1, 0.15) is 129 Å². The van der Waals surface area contributed by atoms with E-state index in [0.717, 1.165) is 86.1 Å². The maximum atomic E-state index is 13.0. The van der Waals surface area contributed by atoms with Crippen molar-refractivity contribution in [1.29, 1.82) is 0 Å². The monoisotopic (exact) mass is 1310 g/mol. The van der Waals surface area contributed by atoms with E-state index in [1.165, 1.54) is 0 Å². The average Bonchev–Trinajstić information content (AvgIpc) is 1.77. The van der Waals surface area contributed by atoms with Crippen LogP contribution >= 0.6 is 0 Å². The molecule has 0 radical (unpaired) electrons. The van der Waals surface area contributed by atoms with Gasteiger partial charge >= 0.3 is 0 Å². The highest BCUT2D eigenvalue weighted by atomic mass is 16.5. The summed E-state index contributed by atoms with van der Waals surface area (Å²) >= 11 is 0. The van der Waals surface area contributed by atoms with Crippen LogP contribution < -0.4 is 52.7 Å². The van der Waals surface area contributed by atoms with Crippen LogP contribution in [0.3, 0.4) is 0 Å². The minimum atomic E-state index is -1.37. The Kier molecular flexibility index (Phi) is 22.4. The van der Waals surface area contributed by atoms with E-state index in [1.54, 1.807) is 0 Å². The van der Waals surface area contributed by atoms with Crippen LogP contribution in [0.15, 0.2) is 303 Å². The van der Waals surface area contributed by atoms with Crippen LogP contribution in [0.2, 0.25) is 0 Å². The maximum absolute atomic E-state index is 13.0. The fraction of sp³-hybridized carbons (Fsp3) is 0.172. The summed E-state index contributed by atoms with van der Waals surface area (Å²) in [4.78, 5) is 0. The summed E-state index contributed by atoms with van der Waals surface area (Å²) in [6.07, 6.45) is 1.73. The minimum Gasteiger partial charge on any atom is -0.489 e. The summed E-state index contributed by atoms with van der Waals surface area (Å²) < 4.78 is 64.3. The first-order chi connectivity index (χ1) is 48.8. The molecule has 12 aromatic rings. The van der Waals surface area contributed by atoms with E-state index in [2.05, 4.69) is 5.32 Å². The molecular weight excluding hydrogens is 1230 g/mol. The van der Waals surface area contributed by atoms with E-state index in [4.69, 9.17) is 47.4 Å². The molecule has 13 rings (SSSR count). The van der Waals surface area contributed by atoms with Crippen LogP contribution in [0.25, 0.3) is 0 Å². The number of benzene rings is 12. The standard InChI is InChI=1S/C87H79NO11/c89-87(86-32-19-41-88-86,74-33-37-76(38-34-74)90-60-70-42-78(92-54-64-20-7-1-8-21-64)52-84(44-70)98-62-72-46-80(94-56-66-24-11-3-12-25-66)50-81(47-72)95-57-67-26-13-4-14-27-67)75-35-39-77(40-36-75)91-61-71-43-79(93-55-65-22-9-2-10-23-65)53-85(45-71)99-63-73-48-82(96-58-68-28-15-5-16-29-68)51-83(49-73)97-59-69-30-17-6-18-31-69/h1-18,20-31,33-40,42-53,86,88-89H,19,32,41,54-63H2/t86-/m0/s1. The first-order valence-corrected chi connectivity index (χ1v) is 33.6. The van der Waals surface area contributed by atoms with Gasteiger partial charge in [0, 0.05) is 30.3 Å². The topological polar surface area (TPSA) is 125 Å². The van der Waals surface area contributed by atoms with Crippen molar-refractivity contribution in [3.63, 3.8) is 0 Å². The summed E-state index contributed by atoms with van der Waals surface area (Å²) in [5.41, 5.74) is 9.88. The van der Waals surface area contributed by atoms with Gasteiger partial charge in [-0.1, -0.05) is 206 Å². The van der Waals surface area contributed by atoms with Crippen molar-refractivity contribution in [3.8, 4) is 57.5 Å². The Hall–Kier alpha value is -11.4. The fourth-order valence-corrected chi connectivity index (χ4v) is 11.9. The molecule has 1 aliphatic rings. The Morgan fingerprint density at radius 1 is 0.242 bits per heavy atom. The predicted molar refractivity (Wildman–Crippen MR) is 385 cm³/mol. The zero-order chi connectivity index (χ0) is 67.1. The van der Waals surface area contributed by atoms with Crippen molar-refractivity contribution in [2.75, 3.05) is 6.54 Å². The first-order valence-electron chi connectivity index (χ1n) is 33.6. The van der Waals surface area contributed by atoms with E-state index in [-0.39, 0.29) is 32.5 Å². The van der Waals surface area contributed by atoms with Gasteiger partial charge in [-0.2, -0.15) is 0 Å². The van der Waals surface area contributed by atoms with Gasteiger partial charge in [0.05, 0.1) is 0 Å². The second-order valence-electron chi connectivity index (χ2n) is 24.5. The Morgan fingerprint density at radius 2 is 0.444 bits per heavy atom. The van der Waals surface area contributed by atoms with Crippen molar-refractivity contribution in [3.05, 3.63) is 370 Å². The normalized spacial score (nSPS) is 12.6. The highest BCUT2D eigenvalue weighted by molar-refractivity contribution is 5.46. The Morgan fingerprint density at radius 3 is 0.646 bits per heavy atom. The predicted octanol–water partition coefficient (Wildman–Crippen LogP) is 18.5. The molecule has 1 aliphatic heterocycles. The van der Waals surface area contributed by atoms with Crippen molar-refractivity contribution in [2.24, 2.45) is 0 Å². The third-order valence-corrected chi connectivity index (χ3v) is 17.0. The quantitative estimate of drug-likeness (QED) is 0.0407. The second kappa shape index (κ2) is 33.5. The van der Waals surface area contributed by atoms with Crippen LogP contribution in [0.5, 0.6) is 57.5 Å². The van der Waals surface area contributed by atoms with Crippen LogP contribution in [-0.4, -0.2) is 17.7 Å². The van der Waals surface area contributed by atoms with Gasteiger partial charge in [0.2, 0.25) is 0 Å². The Balaban J connectivity index is 0.685. The van der Waals surface area contributed by atoms with Crippen molar-refractivity contribution < 1.29 is 52.5 Å². The van der Waals surface area contributed by atoms with Crippen LogP contribution in [0.1, 0.15) is 79.6 Å². The molecule has 1 fully saturated rings. The lowest BCUT2D eigenvalue weighted by atomic mass is 9.79. The van der Waals surface area contributed by atoms with E-state index < -0.39 is 5.60 Å². The van der Waals surface area contributed by atoms with Crippen molar-refractivity contribution >= 4 is 0 Å². The zero-order valence-corrected chi connectivity index (χ0v) is 55.2. The molecule has 0 spiro atoms.